The molecule has 5 fully saturated rings. The van der Waals surface area contributed by atoms with Crippen molar-refractivity contribution in [1.29, 1.82) is 0 Å². The van der Waals surface area contributed by atoms with E-state index in [9.17, 15) is 53.7 Å². The first-order chi connectivity index (χ1) is 50.3. The molecule has 5 aliphatic heterocycles. The summed E-state index contributed by atoms with van der Waals surface area (Å²) in [4.78, 5) is 137. The standard InChI is InChI=1S/C76H113N11O18/c1-48-15-11-10-12-16-49(2)63(99-8)41-58-20-18-53(6)76(98,105-58)70(94)71(95)87-23-14-13-17-60(87)72(96)103-64(42-61(89)50(3)38-52(5)68(92)69(93)67(91)51(4)37-48)59(77)39-55-19-21-62(65(40-55)100-9)104-75(97)82-45-56-43-78-73(79-44-56)86-30-28-84(29-31-86)66(90)22-33-101-35-36-102-34-32-83-24-26-85(27-25-83)74-80-46-57(47-81-74)54(7)88/h10-12,15-16,38,43-44,46-48,50-51,53,55,58-60,62-65,68-69,92-93,98H,13-14,17-37,39-42,45,77H2,1-9H3,(H,82,97)/b12-10?,15-11+,49-16?,52-38+/t48-,50-,51-,53-,55+,58+,59-,60+,62-,63+,64+,65-,68-,69+,76-/m1/s1. The number of cyclic esters (lactones) is 1. The zero-order valence-electron chi connectivity index (χ0n) is 62.7. The van der Waals surface area contributed by atoms with Crippen LogP contribution >= 0.6 is 0 Å². The number of anilines is 2. The Balaban J connectivity index is 0.807. The number of nitrogens with zero attached hydrogens (tertiary/aromatic N) is 9. The third-order valence-electron chi connectivity index (χ3n) is 21.4. The summed E-state index contributed by atoms with van der Waals surface area (Å²) in [5.74, 6) is -8.25. The molecule has 2 aromatic heterocycles. The van der Waals surface area contributed by atoms with E-state index in [1.54, 1.807) is 52.7 Å². The van der Waals surface area contributed by atoms with Crippen LogP contribution in [-0.2, 0) is 68.5 Å². The fraction of sp³-hybridized carbons (Fsp3) is 0.684. The van der Waals surface area contributed by atoms with Gasteiger partial charge >= 0.3 is 12.1 Å². The fourth-order valence-corrected chi connectivity index (χ4v) is 14.6. The number of aromatic nitrogens is 4. The number of ketones is 4. The van der Waals surface area contributed by atoms with E-state index in [0.717, 1.165) is 43.2 Å². The summed E-state index contributed by atoms with van der Waals surface area (Å²) in [5, 5.41) is 37.4. The largest absolute Gasteiger partial charge is 0.459 e. The van der Waals surface area contributed by atoms with Crippen molar-refractivity contribution in [2.45, 2.75) is 199 Å². The van der Waals surface area contributed by atoms with Crippen molar-refractivity contribution >= 4 is 58.9 Å². The van der Waals surface area contributed by atoms with Crippen molar-refractivity contribution in [3.63, 3.8) is 0 Å². The molecule has 0 unspecified atom stereocenters. The number of alkyl carbamates (subject to hydrolysis) is 1. The lowest BCUT2D eigenvalue weighted by atomic mass is 9.80. The maximum absolute atomic E-state index is 14.7. The van der Waals surface area contributed by atoms with Crippen LogP contribution in [0.4, 0.5) is 16.7 Å². The number of aliphatic hydroxyl groups is 3. The molecule has 105 heavy (non-hydrogen) atoms. The molecule has 1 saturated carbocycles. The minimum absolute atomic E-state index is 0.00308. The normalized spacial score (nSPS) is 30.5. The second-order valence-electron chi connectivity index (χ2n) is 29.2. The van der Waals surface area contributed by atoms with Crippen LogP contribution in [0, 0.1) is 29.6 Å². The maximum atomic E-state index is 14.7. The highest BCUT2D eigenvalue weighted by Gasteiger charge is 2.53. The van der Waals surface area contributed by atoms with Gasteiger partial charge in [0.15, 0.2) is 11.6 Å². The van der Waals surface area contributed by atoms with E-state index in [2.05, 4.69) is 35.1 Å². The number of piperidine rings is 1. The highest BCUT2D eigenvalue weighted by Crippen LogP contribution is 2.38. The van der Waals surface area contributed by atoms with Crippen LogP contribution < -0.4 is 20.9 Å². The van der Waals surface area contributed by atoms with Crippen LogP contribution in [0.15, 0.2) is 72.4 Å². The van der Waals surface area contributed by atoms with Gasteiger partial charge in [-0.25, -0.2) is 29.5 Å². The van der Waals surface area contributed by atoms with Crippen LogP contribution in [0.25, 0.3) is 0 Å². The topological polar surface area (TPSA) is 368 Å². The number of nitrogens with one attached hydrogen (secondary N) is 1. The molecule has 2 aromatic rings. The highest BCUT2D eigenvalue weighted by atomic mass is 16.6. The summed E-state index contributed by atoms with van der Waals surface area (Å²) < 4.78 is 41.6. The number of methoxy groups -OCH3 is 2. The molecule has 580 valence electrons. The summed E-state index contributed by atoms with van der Waals surface area (Å²) in [5.41, 5.74) is 9.16. The molecule has 6 aliphatic rings. The van der Waals surface area contributed by atoms with Gasteiger partial charge in [0.1, 0.15) is 36.2 Å². The summed E-state index contributed by atoms with van der Waals surface area (Å²) in [6.07, 6.45) is 13.3. The Kier molecular flexibility index (Phi) is 32.2. The molecular formula is C76H113N11O18. The number of Topliss-reactive ketones (excluding diaryl/α,β-unsaturated/α-hetero) is 4. The summed E-state index contributed by atoms with van der Waals surface area (Å²) in [6, 6.07) is -2.26. The van der Waals surface area contributed by atoms with Gasteiger partial charge < -0.3 is 79.1 Å². The van der Waals surface area contributed by atoms with Crippen molar-refractivity contribution in [2.75, 3.05) is 116 Å². The van der Waals surface area contributed by atoms with E-state index >= 15 is 0 Å². The zero-order valence-corrected chi connectivity index (χ0v) is 62.7. The van der Waals surface area contributed by atoms with Crippen LogP contribution in [0.2, 0.25) is 0 Å². The van der Waals surface area contributed by atoms with E-state index in [0.29, 0.717) is 127 Å². The second-order valence-corrected chi connectivity index (χ2v) is 29.2. The molecule has 8 rings (SSSR count). The van der Waals surface area contributed by atoms with Gasteiger partial charge in [-0.1, -0.05) is 64.2 Å². The number of carbonyl (C=O) groups excluding carboxylic acids is 8. The first-order valence-electron chi connectivity index (χ1n) is 37.4. The molecule has 0 aromatic carbocycles. The van der Waals surface area contributed by atoms with Crippen LogP contribution in [-0.4, -0.2) is 264 Å². The average molecular weight is 1470 g/mol. The van der Waals surface area contributed by atoms with Gasteiger partial charge in [-0.15, -0.1) is 0 Å². The molecule has 15 atom stereocenters. The molecular weight excluding hydrogens is 1350 g/mol. The minimum Gasteiger partial charge on any atom is -0.459 e. The third-order valence-corrected chi connectivity index (χ3v) is 21.4. The predicted octanol–water partition coefficient (Wildman–Crippen LogP) is 4.83. The molecule has 2 bridgehead atoms. The molecule has 7 heterocycles. The number of allylic oxidation sites excluding steroid dienone is 6. The lowest BCUT2D eigenvalue weighted by molar-refractivity contribution is -0.265. The maximum Gasteiger partial charge on any atom is 0.407 e. The first kappa shape index (κ1) is 83.3. The quantitative estimate of drug-likeness (QED) is 0.0389. The molecule has 3 amide bonds. The van der Waals surface area contributed by atoms with E-state index in [4.69, 9.17) is 38.9 Å². The van der Waals surface area contributed by atoms with Gasteiger partial charge in [0.05, 0.1) is 56.7 Å². The number of ether oxygens (including phenoxy) is 7. The smallest absolute Gasteiger partial charge is 0.407 e. The Labute approximate surface area is 617 Å². The van der Waals surface area contributed by atoms with Gasteiger partial charge in [0.25, 0.3) is 11.7 Å². The lowest BCUT2D eigenvalue weighted by Gasteiger charge is -2.42. The molecule has 0 spiro atoms. The first-order valence-corrected chi connectivity index (χ1v) is 37.4. The molecule has 6 N–H and O–H groups in total. The number of carbonyl (C=O) groups is 8. The summed E-state index contributed by atoms with van der Waals surface area (Å²) >= 11 is 0. The van der Waals surface area contributed by atoms with E-state index in [-0.39, 0.29) is 67.9 Å². The molecule has 1 aliphatic carbocycles. The number of aliphatic hydroxyl groups excluding tert-OH is 2. The number of fused-ring (bicyclic) bond motifs is 3. The Morgan fingerprint density at radius 1 is 0.733 bits per heavy atom. The lowest BCUT2D eigenvalue weighted by Crippen LogP contribution is -2.61. The van der Waals surface area contributed by atoms with E-state index in [1.165, 1.54) is 27.0 Å². The minimum atomic E-state index is -2.51. The van der Waals surface area contributed by atoms with Crippen LogP contribution in [0.1, 0.15) is 148 Å². The number of piperazine rings is 2. The highest BCUT2D eigenvalue weighted by molar-refractivity contribution is 6.39. The number of nitrogens with two attached hydrogens (primary N) is 1. The van der Waals surface area contributed by atoms with Gasteiger partial charge in [0, 0.05) is 153 Å². The van der Waals surface area contributed by atoms with Crippen LogP contribution in [0.5, 0.6) is 0 Å². The molecule has 0 radical (unpaired) electrons. The third kappa shape index (κ3) is 23.8. The Bertz CT molecular complexity index is 3340. The van der Waals surface area contributed by atoms with Gasteiger partial charge in [-0.05, 0) is 108 Å². The summed E-state index contributed by atoms with van der Waals surface area (Å²) in [7, 11) is 3.06. The number of hydrogen-bond acceptors (Lipinski definition) is 26. The molecule has 29 heteroatoms. The van der Waals surface area contributed by atoms with Crippen molar-refractivity contribution < 1.29 is 86.8 Å². The van der Waals surface area contributed by atoms with Gasteiger partial charge in [-0.3, -0.25) is 33.7 Å². The molecule has 4 saturated heterocycles. The Morgan fingerprint density at radius 2 is 1.40 bits per heavy atom. The van der Waals surface area contributed by atoms with Crippen LogP contribution in [0.3, 0.4) is 0 Å². The number of hydrogen-bond donors (Lipinski definition) is 5. The van der Waals surface area contributed by atoms with Gasteiger partial charge in [-0.2, -0.15) is 0 Å². The fourth-order valence-electron chi connectivity index (χ4n) is 14.6. The second kappa shape index (κ2) is 40.6. The Morgan fingerprint density at radius 3 is 2.07 bits per heavy atom. The van der Waals surface area contributed by atoms with Gasteiger partial charge in [0.2, 0.25) is 23.6 Å². The SMILES string of the molecule is CO[C@H]1C[C@@H]2CC[C@@H](C)[C@@](O)(O2)C(=O)C(=O)N2CCCC[C@H]2C(=O)O[C@H]([C@H](N)C[C@@H]2CC[C@@H](OC(=O)NCc3cnc(N4CCN(C(=O)CCOCCOCCN5CCN(c6ncc(C(C)=O)cn6)CC5)CC4)nc3)[C@H](OC)C2)CC(=O)[C@H](C)/C=C(\C)[C@@H](O)[C@@H](O)C(=O)[C@H](C)C[C@H](C)/C=C/C=CC=C1C. The van der Waals surface area contributed by atoms with E-state index in [1.807, 2.05) is 54.0 Å². The van der Waals surface area contributed by atoms with Crippen molar-refractivity contribution in [1.82, 2.24) is 40.0 Å². The van der Waals surface area contributed by atoms with Crippen molar-refractivity contribution in [3.8, 4) is 0 Å². The summed E-state index contributed by atoms with van der Waals surface area (Å²) in [6.45, 7) is 19.6. The predicted molar refractivity (Wildman–Crippen MR) is 388 cm³/mol. The van der Waals surface area contributed by atoms with Crippen molar-refractivity contribution in [2.24, 2.45) is 35.3 Å². The Hall–Kier alpha value is -7.32. The monoisotopic (exact) mass is 1470 g/mol. The molecule has 29 nitrogen and oxygen atoms in total. The number of esters is 1. The van der Waals surface area contributed by atoms with Crippen molar-refractivity contribution in [3.05, 3.63) is 83.5 Å². The zero-order chi connectivity index (χ0) is 75.9. The average Bonchev–Trinajstić information content (AvgIpc) is 0.773. The number of amides is 3. The van der Waals surface area contributed by atoms with E-state index < -0.39 is 120 Å². The number of rotatable bonds is 20.